The first kappa shape index (κ1) is 14.8. The molecule has 1 aromatic carbocycles. The second kappa shape index (κ2) is 5.06. The van der Waals surface area contributed by atoms with E-state index in [1.54, 1.807) is 35.9 Å². The van der Waals surface area contributed by atoms with Gasteiger partial charge < -0.3 is 9.80 Å². The van der Waals surface area contributed by atoms with Gasteiger partial charge in [-0.1, -0.05) is 17.7 Å². The lowest BCUT2D eigenvalue weighted by Gasteiger charge is -2.26. The zero-order valence-electron chi connectivity index (χ0n) is 11.7. The summed E-state index contributed by atoms with van der Waals surface area (Å²) in [5.74, 6) is 0. The molecule has 0 spiro atoms. The van der Waals surface area contributed by atoms with Crippen LogP contribution in [0.15, 0.2) is 23.1 Å². The van der Waals surface area contributed by atoms with Gasteiger partial charge in [0.1, 0.15) is 0 Å². The fourth-order valence-electron chi connectivity index (χ4n) is 2.42. The van der Waals surface area contributed by atoms with E-state index in [0.717, 1.165) is 5.56 Å². The maximum atomic E-state index is 12.0. The average Bonchev–Trinajstić information content (AvgIpc) is 2.67. The lowest BCUT2D eigenvalue weighted by molar-refractivity contribution is 0.185. The van der Waals surface area contributed by atoms with Crippen LogP contribution in [0.4, 0.5) is 4.79 Å². The summed E-state index contributed by atoms with van der Waals surface area (Å²) in [6.45, 7) is 4.74. The van der Waals surface area contributed by atoms with Crippen molar-refractivity contribution < 1.29 is 17.8 Å². The summed E-state index contributed by atoms with van der Waals surface area (Å²) in [7, 11) is -2.60. The molecule has 110 valence electrons. The van der Waals surface area contributed by atoms with E-state index in [1.807, 2.05) is 6.92 Å². The Morgan fingerprint density at radius 2 is 1.95 bits per heavy atom. The molecule has 1 saturated heterocycles. The highest BCUT2D eigenvalue weighted by Crippen LogP contribution is 2.30. The molecule has 2 amide bonds. The number of benzene rings is 1. The summed E-state index contributed by atoms with van der Waals surface area (Å²) in [6, 6.07) is 4.14. The van der Waals surface area contributed by atoms with Crippen LogP contribution >= 0.6 is 0 Å². The van der Waals surface area contributed by atoms with Gasteiger partial charge in [0.2, 0.25) is 0 Å². The number of aryl methyl sites for hydroxylation is 1. The van der Waals surface area contributed by atoms with E-state index in [9.17, 15) is 17.8 Å². The lowest BCUT2D eigenvalue weighted by atomic mass is 10.0. The van der Waals surface area contributed by atoms with E-state index >= 15 is 0 Å². The number of likely N-dealkylation sites (N-methyl/N-ethyl adjacent to an activating group) is 1. The van der Waals surface area contributed by atoms with Crippen molar-refractivity contribution in [2.24, 2.45) is 0 Å². The van der Waals surface area contributed by atoms with Gasteiger partial charge >= 0.3 is 6.03 Å². The van der Waals surface area contributed by atoms with Gasteiger partial charge in [0.25, 0.3) is 10.1 Å². The van der Waals surface area contributed by atoms with Crippen LogP contribution in [-0.2, 0) is 10.1 Å². The summed E-state index contributed by atoms with van der Waals surface area (Å²) in [4.78, 5) is 15.0. The number of hydrogen-bond donors (Lipinski definition) is 1. The Balaban J connectivity index is 2.47. The van der Waals surface area contributed by atoms with Crippen LogP contribution in [0, 0.1) is 6.92 Å². The number of nitrogens with zero attached hydrogens (tertiary/aromatic N) is 2. The molecule has 1 fully saturated rings. The van der Waals surface area contributed by atoms with E-state index in [-0.39, 0.29) is 10.9 Å². The zero-order valence-corrected chi connectivity index (χ0v) is 12.5. The quantitative estimate of drug-likeness (QED) is 0.861. The summed E-state index contributed by atoms with van der Waals surface area (Å²) in [6.07, 6.45) is 0. The largest absolute Gasteiger partial charge is 0.326 e. The van der Waals surface area contributed by atoms with Gasteiger partial charge in [0.15, 0.2) is 0 Å². The smallest absolute Gasteiger partial charge is 0.320 e. The molecule has 1 atom stereocenters. The van der Waals surface area contributed by atoms with Gasteiger partial charge in [-0.2, -0.15) is 8.42 Å². The highest BCUT2D eigenvalue weighted by atomic mass is 32.2. The minimum Gasteiger partial charge on any atom is -0.326 e. The highest BCUT2D eigenvalue weighted by Gasteiger charge is 2.32. The summed E-state index contributed by atoms with van der Waals surface area (Å²) in [5, 5.41) is 0. The molecule has 2 rings (SSSR count). The van der Waals surface area contributed by atoms with Gasteiger partial charge in [-0.05, 0) is 25.5 Å². The number of amides is 2. The maximum absolute atomic E-state index is 12.0. The first-order valence-electron chi connectivity index (χ1n) is 6.31. The fraction of sp³-hybridized carbons (Fsp3) is 0.462. The Hall–Kier alpha value is -1.60. The van der Waals surface area contributed by atoms with Crippen LogP contribution in [0.1, 0.15) is 24.1 Å². The van der Waals surface area contributed by atoms with Crippen LogP contribution in [0.3, 0.4) is 0 Å². The molecular formula is C13H18N2O4S. The molecule has 1 aliphatic heterocycles. The molecule has 0 radical (unpaired) electrons. The van der Waals surface area contributed by atoms with E-state index in [0.29, 0.717) is 18.7 Å². The van der Waals surface area contributed by atoms with Crippen molar-refractivity contribution in [3.8, 4) is 0 Å². The van der Waals surface area contributed by atoms with E-state index in [2.05, 4.69) is 0 Å². The Labute approximate surface area is 118 Å². The van der Waals surface area contributed by atoms with Gasteiger partial charge in [-0.25, -0.2) is 4.79 Å². The summed E-state index contributed by atoms with van der Waals surface area (Å²) >= 11 is 0. The first-order chi connectivity index (χ1) is 9.21. The number of urea groups is 1. The average molecular weight is 298 g/mol. The third kappa shape index (κ3) is 2.64. The predicted octanol–water partition coefficient (Wildman–Crippen LogP) is 1.67. The van der Waals surface area contributed by atoms with Crippen molar-refractivity contribution >= 4 is 16.1 Å². The molecular weight excluding hydrogens is 280 g/mol. The summed E-state index contributed by atoms with van der Waals surface area (Å²) in [5.41, 5.74) is 1.32. The van der Waals surface area contributed by atoms with Crippen LogP contribution in [0.5, 0.6) is 0 Å². The normalized spacial score (nSPS) is 17.7. The Morgan fingerprint density at radius 1 is 1.30 bits per heavy atom. The fourth-order valence-corrected chi connectivity index (χ4v) is 3.19. The van der Waals surface area contributed by atoms with Crippen LogP contribution in [-0.4, -0.2) is 48.9 Å². The van der Waals surface area contributed by atoms with Gasteiger partial charge in [-0.15, -0.1) is 0 Å². The number of carbonyl (C=O) groups excluding carboxylic acids is 1. The number of hydrogen-bond acceptors (Lipinski definition) is 3. The van der Waals surface area contributed by atoms with Crippen molar-refractivity contribution in [2.45, 2.75) is 24.8 Å². The molecule has 1 heterocycles. The van der Waals surface area contributed by atoms with E-state index in [1.165, 1.54) is 6.07 Å². The molecule has 6 nitrogen and oxygen atoms in total. The van der Waals surface area contributed by atoms with Crippen molar-refractivity contribution in [3.63, 3.8) is 0 Å². The molecule has 1 aromatic rings. The predicted molar refractivity (Wildman–Crippen MR) is 74.1 cm³/mol. The molecule has 0 bridgehead atoms. The van der Waals surface area contributed by atoms with Gasteiger partial charge in [-0.3, -0.25) is 4.55 Å². The molecule has 1 aliphatic rings. The second-order valence-electron chi connectivity index (χ2n) is 5.09. The molecule has 20 heavy (non-hydrogen) atoms. The molecule has 0 aliphatic carbocycles. The highest BCUT2D eigenvalue weighted by molar-refractivity contribution is 7.85. The van der Waals surface area contributed by atoms with Crippen LogP contribution in [0.2, 0.25) is 0 Å². The molecule has 0 aromatic heterocycles. The Bertz CT molecular complexity index is 642. The summed E-state index contributed by atoms with van der Waals surface area (Å²) < 4.78 is 32.3. The third-order valence-electron chi connectivity index (χ3n) is 3.61. The molecule has 1 N–H and O–H groups in total. The lowest BCUT2D eigenvalue weighted by Crippen LogP contribution is -2.32. The minimum absolute atomic E-state index is 0.139. The first-order valence-corrected chi connectivity index (χ1v) is 7.75. The maximum Gasteiger partial charge on any atom is 0.320 e. The van der Waals surface area contributed by atoms with Crippen molar-refractivity contribution in [2.75, 3.05) is 20.1 Å². The van der Waals surface area contributed by atoms with Gasteiger partial charge in [0.05, 0.1) is 10.9 Å². The zero-order chi connectivity index (χ0) is 15.1. The SMILES string of the molecule is Cc1ccc(S(=O)(=O)O)c(C(C)N2CCN(C)C2=O)c1. The Morgan fingerprint density at radius 3 is 2.45 bits per heavy atom. The molecule has 7 heteroatoms. The topological polar surface area (TPSA) is 77.9 Å². The minimum atomic E-state index is -4.31. The van der Waals surface area contributed by atoms with E-state index < -0.39 is 16.2 Å². The van der Waals surface area contributed by atoms with Crippen LogP contribution in [0.25, 0.3) is 0 Å². The van der Waals surface area contributed by atoms with Gasteiger partial charge in [0, 0.05) is 20.1 Å². The van der Waals surface area contributed by atoms with Crippen molar-refractivity contribution in [1.82, 2.24) is 9.80 Å². The number of rotatable bonds is 3. The van der Waals surface area contributed by atoms with Crippen LogP contribution < -0.4 is 0 Å². The van der Waals surface area contributed by atoms with Crippen molar-refractivity contribution in [1.29, 1.82) is 0 Å². The molecule has 1 unspecified atom stereocenters. The second-order valence-corrected chi connectivity index (χ2v) is 6.48. The number of carbonyl (C=O) groups is 1. The van der Waals surface area contributed by atoms with E-state index in [4.69, 9.17) is 0 Å². The Kier molecular flexibility index (Phi) is 3.75. The standard InChI is InChI=1S/C13H18N2O4S/c1-9-4-5-12(20(17,18)19)11(8-9)10(2)15-7-6-14(3)13(15)16/h4-5,8,10H,6-7H2,1-3H3,(H,17,18,19). The molecule has 0 saturated carbocycles. The third-order valence-corrected chi connectivity index (χ3v) is 4.54. The monoisotopic (exact) mass is 298 g/mol. The van der Waals surface area contributed by atoms with Crippen molar-refractivity contribution in [3.05, 3.63) is 29.3 Å².